The number of hydrogen-bond acceptors (Lipinski definition) is 9. The molecule has 4 aromatic rings. The normalized spacial score (nSPS) is 10.9. The van der Waals surface area contributed by atoms with Gasteiger partial charge in [0.15, 0.2) is 11.5 Å². The minimum Gasteiger partial charge on any atom is -0.490 e. The molecule has 178 valence electrons. The zero-order chi connectivity index (χ0) is 23.9. The molecule has 2 aromatic carbocycles. The fourth-order valence-electron chi connectivity index (χ4n) is 3.13. The van der Waals surface area contributed by atoms with E-state index in [0.29, 0.717) is 76.6 Å². The molecule has 0 N–H and O–H groups in total. The third-order valence-electron chi connectivity index (χ3n) is 4.55. The van der Waals surface area contributed by atoms with Crippen molar-refractivity contribution in [2.24, 2.45) is 0 Å². The second-order valence-corrected chi connectivity index (χ2v) is 7.84. The largest absolute Gasteiger partial charge is 0.490 e. The SMILES string of the molecule is CCOc1cc(-c2nnc(SCc3coc(-c4ccc(F)cc4)n3)o2)cc(OCC)c1OCC. The average Bonchev–Trinajstić information content (AvgIpc) is 3.50. The van der Waals surface area contributed by atoms with E-state index in [-0.39, 0.29) is 5.82 Å². The third kappa shape index (κ3) is 5.51. The Balaban J connectivity index is 1.49. The number of benzene rings is 2. The van der Waals surface area contributed by atoms with Crippen molar-refractivity contribution in [3.8, 4) is 40.2 Å². The number of thioether (sulfide) groups is 1. The van der Waals surface area contributed by atoms with E-state index >= 15 is 0 Å². The van der Waals surface area contributed by atoms with Crippen LogP contribution in [0.1, 0.15) is 26.5 Å². The summed E-state index contributed by atoms with van der Waals surface area (Å²) in [7, 11) is 0. The summed E-state index contributed by atoms with van der Waals surface area (Å²) in [5.41, 5.74) is 2.06. The molecule has 0 aliphatic carbocycles. The van der Waals surface area contributed by atoms with Gasteiger partial charge in [-0.1, -0.05) is 11.8 Å². The number of oxazole rings is 1. The molecule has 0 radical (unpaired) electrons. The van der Waals surface area contributed by atoms with Gasteiger partial charge in [-0.2, -0.15) is 0 Å². The number of ether oxygens (including phenoxy) is 3. The summed E-state index contributed by atoms with van der Waals surface area (Å²) >= 11 is 1.33. The van der Waals surface area contributed by atoms with E-state index in [9.17, 15) is 4.39 Å². The maximum absolute atomic E-state index is 13.1. The molecule has 0 aliphatic rings. The lowest BCUT2D eigenvalue weighted by molar-refractivity contribution is 0.261. The molecule has 2 aromatic heterocycles. The van der Waals surface area contributed by atoms with Gasteiger partial charge in [0.2, 0.25) is 17.5 Å². The van der Waals surface area contributed by atoms with Crippen molar-refractivity contribution >= 4 is 11.8 Å². The van der Waals surface area contributed by atoms with Gasteiger partial charge < -0.3 is 23.0 Å². The maximum Gasteiger partial charge on any atom is 0.277 e. The molecule has 0 unspecified atom stereocenters. The molecule has 10 heteroatoms. The van der Waals surface area contributed by atoms with Gasteiger partial charge in [-0.25, -0.2) is 9.37 Å². The van der Waals surface area contributed by atoms with Crippen LogP contribution in [0.2, 0.25) is 0 Å². The fraction of sp³-hybridized carbons (Fsp3) is 0.292. The summed E-state index contributed by atoms with van der Waals surface area (Å²) in [5.74, 6) is 2.55. The predicted molar refractivity (Wildman–Crippen MR) is 125 cm³/mol. The summed E-state index contributed by atoms with van der Waals surface area (Å²) in [6.07, 6.45) is 1.55. The standard InChI is InChI=1S/C24H24FN3O5S/c1-4-29-19-11-16(12-20(30-5-2)21(19)31-6-3)23-27-28-24(33-23)34-14-18-13-32-22(26-18)15-7-9-17(25)10-8-15/h7-13H,4-6,14H2,1-3H3. The zero-order valence-electron chi connectivity index (χ0n) is 19.0. The number of aromatic nitrogens is 3. The van der Waals surface area contributed by atoms with Gasteiger partial charge in [0, 0.05) is 16.9 Å². The van der Waals surface area contributed by atoms with E-state index < -0.39 is 0 Å². The zero-order valence-corrected chi connectivity index (χ0v) is 19.9. The second-order valence-electron chi connectivity index (χ2n) is 6.91. The van der Waals surface area contributed by atoms with Crippen molar-refractivity contribution in [1.29, 1.82) is 0 Å². The van der Waals surface area contributed by atoms with Crippen LogP contribution in [-0.4, -0.2) is 35.0 Å². The van der Waals surface area contributed by atoms with Crippen LogP contribution < -0.4 is 14.2 Å². The van der Waals surface area contributed by atoms with Crippen molar-refractivity contribution in [1.82, 2.24) is 15.2 Å². The van der Waals surface area contributed by atoms with E-state index in [1.807, 2.05) is 20.8 Å². The fourth-order valence-corrected chi connectivity index (χ4v) is 3.77. The predicted octanol–water partition coefficient (Wildman–Crippen LogP) is 6.02. The Hall–Kier alpha value is -3.53. The molecule has 0 bridgehead atoms. The van der Waals surface area contributed by atoms with Crippen LogP contribution in [0.3, 0.4) is 0 Å². The quantitative estimate of drug-likeness (QED) is 0.236. The van der Waals surface area contributed by atoms with Crippen LogP contribution in [0.5, 0.6) is 17.2 Å². The van der Waals surface area contributed by atoms with Crippen molar-refractivity contribution in [2.45, 2.75) is 31.7 Å². The van der Waals surface area contributed by atoms with Gasteiger partial charge in [-0.3, -0.25) is 0 Å². The molecule has 0 atom stereocenters. The Labute approximate surface area is 200 Å². The molecule has 0 fully saturated rings. The Kier molecular flexibility index (Phi) is 7.69. The number of hydrogen-bond donors (Lipinski definition) is 0. The van der Waals surface area contributed by atoms with Crippen molar-refractivity contribution in [3.05, 3.63) is 54.2 Å². The van der Waals surface area contributed by atoms with Crippen LogP contribution >= 0.6 is 11.8 Å². The maximum atomic E-state index is 13.1. The Bertz CT molecular complexity index is 1200. The lowest BCUT2D eigenvalue weighted by atomic mass is 10.2. The highest BCUT2D eigenvalue weighted by atomic mass is 32.2. The topological polar surface area (TPSA) is 92.6 Å². The van der Waals surface area contributed by atoms with Crippen LogP contribution in [0.4, 0.5) is 4.39 Å². The minimum absolute atomic E-state index is 0.312. The molecular formula is C24H24FN3O5S. The van der Waals surface area contributed by atoms with Crippen molar-refractivity contribution < 1.29 is 27.4 Å². The second kappa shape index (κ2) is 11.1. The first-order chi connectivity index (χ1) is 16.6. The molecule has 2 heterocycles. The first-order valence-corrected chi connectivity index (χ1v) is 11.8. The molecule has 34 heavy (non-hydrogen) atoms. The molecule has 0 saturated carbocycles. The first-order valence-electron chi connectivity index (χ1n) is 10.8. The minimum atomic E-state index is -0.312. The van der Waals surface area contributed by atoms with Crippen molar-refractivity contribution in [2.75, 3.05) is 19.8 Å². The number of nitrogens with zero attached hydrogens (tertiary/aromatic N) is 3. The summed E-state index contributed by atoms with van der Waals surface area (Å²) in [6, 6.07) is 9.56. The van der Waals surface area contributed by atoms with E-state index in [1.54, 1.807) is 30.5 Å². The molecular weight excluding hydrogens is 461 g/mol. The van der Waals surface area contributed by atoms with Gasteiger partial charge in [0.1, 0.15) is 12.1 Å². The van der Waals surface area contributed by atoms with Crippen LogP contribution in [0.15, 0.2) is 56.7 Å². The molecule has 0 saturated heterocycles. The summed E-state index contributed by atoms with van der Waals surface area (Å²) in [6.45, 7) is 7.12. The van der Waals surface area contributed by atoms with Gasteiger partial charge in [-0.15, -0.1) is 10.2 Å². The highest BCUT2D eigenvalue weighted by Gasteiger charge is 2.19. The molecule has 4 rings (SSSR count). The molecule has 0 aliphatic heterocycles. The lowest BCUT2D eigenvalue weighted by Gasteiger charge is -2.16. The third-order valence-corrected chi connectivity index (χ3v) is 5.40. The smallest absolute Gasteiger partial charge is 0.277 e. The van der Waals surface area contributed by atoms with Crippen LogP contribution in [0, 0.1) is 5.82 Å². The Morgan fingerprint density at radius 1 is 0.853 bits per heavy atom. The highest BCUT2D eigenvalue weighted by Crippen LogP contribution is 2.42. The van der Waals surface area contributed by atoms with E-state index in [1.165, 1.54) is 23.9 Å². The monoisotopic (exact) mass is 485 g/mol. The first kappa shape index (κ1) is 23.6. The molecule has 0 amide bonds. The van der Waals surface area contributed by atoms with Gasteiger partial charge in [0.05, 0.1) is 25.5 Å². The highest BCUT2D eigenvalue weighted by molar-refractivity contribution is 7.98. The summed E-state index contributed by atoms with van der Waals surface area (Å²) in [4.78, 5) is 4.43. The Morgan fingerprint density at radius 2 is 1.53 bits per heavy atom. The lowest BCUT2D eigenvalue weighted by Crippen LogP contribution is -2.03. The van der Waals surface area contributed by atoms with Crippen LogP contribution in [-0.2, 0) is 5.75 Å². The van der Waals surface area contributed by atoms with E-state index in [4.69, 9.17) is 23.0 Å². The number of rotatable bonds is 11. The Morgan fingerprint density at radius 3 is 2.18 bits per heavy atom. The summed E-state index contributed by atoms with van der Waals surface area (Å²) < 4.78 is 41.7. The van der Waals surface area contributed by atoms with Gasteiger partial charge in [-0.05, 0) is 57.2 Å². The number of halogens is 1. The average molecular weight is 486 g/mol. The van der Waals surface area contributed by atoms with E-state index in [2.05, 4.69) is 15.2 Å². The van der Waals surface area contributed by atoms with Crippen molar-refractivity contribution in [3.63, 3.8) is 0 Å². The molecule has 0 spiro atoms. The van der Waals surface area contributed by atoms with Gasteiger partial charge >= 0.3 is 0 Å². The molecule has 8 nitrogen and oxygen atoms in total. The van der Waals surface area contributed by atoms with Crippen LogP contribution in [0.25, 0.3) is 22.9 Å². The van der Waals surface area contributed by atoms with E-state index in [0.717, 1.165) is 0 Å². The van der Waals surface area contributed by atoms with Gasteiger partial charge in [0.25, 0.3) is 5.22 Å². The summed E-state index contributed by atoms with van der Waals surface area (Å²) in [5, 5.41) is 8.68.